The summed E-state index contributed by atoms with van der Waals surface area (Å²) in [7, 11) is 0. The van der Waals surface area contributed by atoms with Gasteiger partial charge in [0.05, 0.1) is 25.4 Å². The first-order valence-corrected chi connectivity index (χ1v) is 11.7. The molecule has 0 bridgehead atoms. The van der Waals surface area contributed by atoms with Gasteiger partial charge in [-0.05, 0) is 30.2 Å². The van der Waals surface area contributed by atoms with Crippen LogP contribution in [0.4, 0.5) is 5.69 Å². The van der Waals surface area contributed by atoms with Crippen molar-refractivity contribution in [3.63, 3.8) is 0 Å². The number of piperazine rings is 1. The van der Waals surface area contributed by atoms with E-state index in [0.29, 0.717) is 12.3 Å². The number of nitrogens with one attached hydrogen (secondary N) is 1. The number of ether oxygens (including phenoxy) is 1. The number of aliphatic imine (C=N–C) groups is 1. The maximum atomic E-state index is 10.2. The first-order valence-electron chi connectivity index (χ1n) is 11.7. The third-order valence-electron chi connectivity index (χ3n) is 6.15. The number of anilines is 1. The van der Waals surface area contributed by atoms with E-state index < -0.39 is 0 Å². The normalized spacial score (nSPS) is 18.1. The molecule has 0 unspecified atom stereocenters. The number of hydrogen-bond acceptors (Lipinski definition) is 5. The number of guanidine groups is 1. The highest BCUT2D eigenvalue weighted by Gasteiger charge is 2.21. The fraction of sp³-hybridized carbons (Fsp3) is 0.480. The highest BCUT2D eigenvalue weighted by atomic mass is 16.5. The van der Waals surface area contributed by atoms with E-state index in [1.54, 1.807) is 6.07 Å². The first kappa shape index (κ1) is 22.4. The third kappa shape index (κ3) is 5.72. The Morgan fingerprint density at radius 1 is 0.938 bits per heavy atom. The summed E-state index contributed by atoms with van der Waals surface area (Å²) in [5, 5.41) is 13.6. The highest BCUT2D eigenvalue weighted by molar-refractivity contribution is 5.80. The van der Waals surface area contributed by atoms with Gasteiger partial charge in [-0.15, -0.1) is 0 Å². The first-order chi connectivity index (χ1) is 15.7. The number of aromatic hydroxyl groups is 1. The lowest BCUT2D eigenvalue weighted by Crippen LogP contribution is -2.52. The lowest BCUT2D eigenvalue weighted by Gasteiger charge is -2.38. The van der Waals surface area contributed by atoms with E-state index in [1.807, 2.05) is 18.2 Å². The van der Waals surface area contributed by atoms with Gasteiger partial charge in [-0.1, -0.05) is 36.4 Å². The summed E-state index contributed by atoms with van der Waals surface area (Å²) in [5.74, 6) is 1.31. The molecule has 2 aromatic carbocycles. The minimum Gasteiger partial charge on any atom is -0.506 e. The van der Waals surface area contributed by atoms with Crippen LogP contribution in [0.1, 0.15) is 18.1 Å². The zero-order chi connectivity index (χ0) is 22.2. The van der Waals surface area contributed by atoms with Crippen LogP contribution in [0.2, 0.25) is 0 Å². The van der Waals surface area contributed by atoms with Crippen LogP contribution in [0, 0.1) is 0 Å². The molecular formula is C25H35N5O2. The van der Waals surface area contributed by atoms with Gasteiger partial charge in [0.25, 0.3) is 0 Å². The number of rotatable bonds is 6. The molecule has 2 aliphatic rings. The Bertz CT molecular complexity index is 889. The molecule has 2 saturated heterocycles. The van der Waals surface area contributed by atoms with Crippen molar-refractivity contribution in [1.29, 1.82) is 0 Å². The average molecular weight is 438 g/mol. The minimum absolute atomic E-state index is 0.346. The maximum absolute atomic E-state index is 10.2. The van der Waals surface area contributed by atoms with Gasteiger partial charge in [-0.3, -0.25) is 4.90 Å². The number of nitrogens with zero attached hydrogens (tertiary/aromatic N) is 4. The van der Waals surface area contributed by atoms with Crippen LogP contribution in [0.5, 0.6) is 5.75 Å². The van der Waals surface area contributed by atoms with Gasteiger partial charge in [-0.2, -0.15) is 0 Å². The number of hydrogen-bond donors (Lipinski definition) is 2. The molecule has 0 spiro atoms. The maximum Gasteiger partial charge on any atom is 0.194 e. The van der Waals surface area contributed by atoms with Crippen LogP contribution < -0.4 is 10.2 Å². The summed E-state index contributed by atoms with van der Waals surface area (Å²) in [4.78, 5) is 12.0. The van der Waals surface area contributed by atoms with E-state index in [2.05, 4.69) is 51.2 Å². The molecule has 7 nitrogen and oxygen atoms in total. The quantitative estimate of drug-likeness (QED) is 0.535. The number of phenols is 1. The van der Waals surface area contributed by atoms with Gasteiger partial charge in [0.15, 0.2) is 5.96 Å². The molecule has 32 heavy (non-hydrogen) atoms. The summed E-state index contributed by atoms with van der Waals surface area (Å²) in [6.45, 7) is 11.6. The molecule has 2 aliphatic heterocycles. The summed E-state index contributed by atoms with van der Waals surface area (Å²) in [5.41, 5.74) is 3.53. The van der Waals surface area contributed by atoms with Crippen molar-refractivity contribution in [2.24, 2.45) is 4.99 Å². The van der Waals surface area contributed by atoms with Crippen LogP contribution in [0.15, 0.2) is 53.5 Å². The summed E-state index contributed by atoms with van der Waals surface area (Å²) < 4.78 is 5.49. The van der Waals surface area contributed by atoms with E-state index >= 15 is 0 Å². The van der Waals surface area contributed by atoms with Gasteiger partial charge in [0.2, 0.25) is 0 Å². The Labute approximate surface area is 191 Å². The van der Waals surface area contributed by atoms with E-state index in [9.17, 15) is 5.11 Å². The van der Waals surface area contributed by atoms with Crippen molar-refractivity contribution in [3.8, 4) is 5.75 Å². The second-order valence-corrected chi connectivity index (χ2v) is 8.29. The van der Waals surface area contributed by atoms with E-state index in [-0.39, 0.29) is 0 Å². The molecule has 0 radical (unpaired) electrons. The third-order valence-corrected chi connectivity index (χ3v) is 6.15. The van der Waals surface area contributed by atoms with Crippen LogP contribution in [0.25, 0.3) is 0 Å². The van der Waals surface area contributed by atoms with E-state index in [4.69, 9.17) is 9.73 Å². The van der Waals surface area contributed by atoms with Crippen molar-refractivity contribution in [1.82, 2.24) is 15.1 Å². The number of morpholine rings is 1. The molecular weight excluding hydrogens is 402 g/mol. The zero-order valence-corrected chi connectivity index (χ0v) is 19.0. The van der Waals surface area contributed by atoms with Crippen molar-refractivity contribution < 1.29 is 9.84 Å². The van der Waals surface area contributed by atoms with Crippen molar-refractivity contribution >= 4 is 11.6 Å². The second kappa shape index (κ2) is 11.2. The molecule has 0 atom stereocenters. The molecule has 0 saturated carbocycles. The fourth-order valence-corrected chi connectivity index (χ4v) is 4.34. The molecule has 0 amide bonds. The van der Waals surface area contributed by atoms with Gasteiger partial charge in [0, 0.05) is 52.4 Å². The standard InChI is InChI=1S/C25H35N5O2/c1-2-26-25(30-13-11-29(12-14-30)23-9-5-6-10-24(23)31)27-19-21-7-3-4-8-22(21)20-28-15-17-32-18-16-28/h3-10,31H,2,11-20H2,1H3,(H,26,27). The molecule has 0 aromatic heterocycles. The Balaban J connectivity index is 1.40. The van der Waals surface area contributed by atoms with Gasteiger partial charge in [0.1, 0.15) is 5.75 Å². The molecule has 7 heteroatoms. The van der Waals surface area contributed by atoms with Crippen LogP contribution in [-0.2, 0) is 17.8 Å². The number of benzene rings is 2. The summed E-state index contributed by atoms with van der Waals surface area (Å²) in [6, 6.07) is 16.2. The van der Waals surface area contributed by atoms with Gasteiger partial charge < -0.3 is 25.0 Å². The predicted molar refractivity (Wildman–Crippen MR) is 129 cm³/mol. The molecule has 172 valence electrons. The Morgan fingerprint density at radius 3 is 2.34 bits per heavy atom. The Morgan fingerprint density at radius 2 is 1.62 bits per heavy atom. The molecule has 2 fully saturated rings. The van der Waals surface area contributed by atoms with Crippen molar-refractivity contribution in [3.05, 3.63) is 59.7 Å². The summed E-state index contributed by atoms with van der Waals surface area (Å²) in [6.07, 6.45) is 0. The van der Waals surface area contributed by atoms with Crippen LogP contribution in [-0.4, -0.2) is 79.9 Å². The topological polar surface area (TPSA) is 63.6 Å². The monoisotopic (exact) mass is 437 g/mol. The number of para-hydroxylation sites is 2. The summed E-state index contributed by atoms with van der Waals surface area (Å²) >= 11 is 0. The lowest BCUT2D eigenvalue weighted by atomic mass is 10.1. The SMILES string of the molecule is CCNC(=NCc1ccccc1CN1CCOCC1)N1CCN(c2ccccc2O)CC1. The second-order valence-electron chi connectivity index (χ2n) is 8.29. The van der Waals surface area contributed by atoms with Gasteiger partial charge >= 0.3 is 0 Å². The molecule has 2 heterocycles. The Hall–Kier alpha value is -2.77. The highest BCUT2D eigenvalue weighted by Crippen LogP contribution is 2.27. The van der Waals surface area contributed by atoms with Crippen molar-refractivity contribution in [2.45, 2.75) is 20.0 Å². The van der Waals surface area contributed by atoms with Crippen LogP contribution >= 0.6 is 0 Å². The van der Waals surface area contributed by atoms with E-state index in [0.717, 1.165) is 77.2 Å². The lowest BCUT2D eigenvalue weighted by molar-refractivity contribution is 0.0341. The smallest absolute Gasteiger partial charge is 0.194 e. The average Bonchev–Trinajstić information content (AvgIpc) is 2.84. The molecule has 2 N–H and O–H groups in total. The zero-order valence-electron chi connectivity index (χ0n) is 19.0. The Kier molecular flexibility index (Phi) is 7.85. The fourth-order valence-electron chi connectivity index (χ4n) is 4.34. The largest absolute Gasteiger partial charge is 0.506 e. The molecule has 4 rings (SSSR count). The minimum atomic E-state index is 0.346. The predicted octanol–water partition coefficient (Wildman–Crippen LogP) is 2.51. The number of phenolic OH excluding ortho intramolecular Hbond substituents is 1. The van der Waals surface area contributed by atoms with Crippen LogP contribution in [0.3, 0.4) is 0 Å². The van der Waals surface area contributed by atoms with E-state index in [1.165, 1.54) is 11.1 Å². The molecule has 2 aromatic rings. The van der Waals surface area contributed by atoms with Crippen molar-refractivity contribution in [2.75, 3.05) is 63.9 Å². The molecule has 0 aliphatic carbocycles. The van der Waals surface area contributed by atoms with Gasteiger partial charge in [-0.25, -0.2) is 4.99 Å².